The van der Waals surface area contributed by atoms with Crippen LogP contribution in [0.2, 0.25) is 0 Å². The first-order chi connectivity index (χ1) is 11.8. The fraction of sp³-hybridized carbons (Fsp3) is 0.278. The summed E-state index contributed by atoms with van der Waals surface area (Å²) in [6, 6.07) is 15.8. The van der Waals surface area contributed by atoms with E-state index in [1.165, 1.54) is 5.56 Å². The van der Waals surface area contributed by atoms with Crippen molar-refractivity contribution in [3.05, 3.63) is 66.0 Å². The summed E-state index contributed by atoms with van der Waals surface area (Å²) in [5.74, 6) is 0.505. The van der Waals surface area contributed by atoms with Gasteiger partial charge in [0, 0.05) is 19.8 Å². The Morgan fingerprint density at radius 2 is 1.80 bits per heavy atom. The number of benzene rings is 1. The van der Waals surface area contributed by atoms with Gasteiger partial charge in [0.15, 0.2) is 5.96 Å². The van der Waals surface area contributed by atoms with Crippen molar-refractivity contribution < 1.29 is 4.79 Å². The highest BCUT2D eigenvalue weighted by atomic mass is 127. The second kappa shape index (κ2) is 12.2. The van der Waals surface area contributed by atoms with Crippen molar-refractivity contribution in [2.75, 3.05) is 20.1 Å². The van der Waals surface area contributed by atoms with Gasteiger partial charge in [-0.15, -0.1) is 24.0 Å². The molecule has 134 valence electrons. The van der Waals surface area contributed by atoms with Crippen LogP contribution in [0.25, 0.3) is 0 Å². The zero-order valence-electron chi connectivity index (χ0n) is 14.2. The first-order valence-corrected chi connectivity index (χ1v) is 7.93. The minimum atomic E-state index is -0.0632. The average molecular weight is 453 g/mol. The van der Waals surface area contributed by atoms with Crippen LogP contribution in [0.1, 0.15) is 11.3 Å². The van der Waals surface area contributed by atoms with E-state index in [1.54, 1.807) is 13.2 Å². The Morgan fingerprint density at radius 3 is 2.48 bits per heavy atom. The van der Waals surface area contributed by atoms with E-state index < -0.39 is 0 Å². The number of hydrogen-bond donors (Lipinski definition) is 3. The van der Waals surface area contributed by atoms with E-state index in [-0.39, 0.29) is 36.4 Å². The molecule has 1 amide bonds. The molecule has 0 unspecified atom stereocenters. The highest BCUT2D eigenvalue weighted by Crippen LogP contribution is 1.97. The Morgan fingerprint density at radius 1 is 1.04 bits per heavy atom. The Hall–Kier alpha value is -2.16. The lowest BCUT2D eigenvalue weighted by atomic mass is 10.1. The topological polar surface area (TPSA) is 78.4 Å². The van der Waals surface area contributed by atoms with E-state index in [0.29, 0.717) is 19.0 Å². The summed E-state index contributed by atoms with van der Waals surface area (Å²) in [6.07, 6.45) is 2.56. The number of halogens is 1. The van der Waals surface area contributed by atoms with E-state index in [4.69, 9.17) is 0 Å². The molecule has 0 fully saturated rings. The summed E-state index contributed by atoms with van der Waals surface area (Å²) in [6.45, 7) is 1.34. The van der Waals surface area contributed by atoms with Crippen molar-refractivity contribution in [3.63, 3.8) is 0 Å². The lowest BCUT2D eigenvalue weighted by Gasteiger charge is -2.11. The van der Waals surface area contributed by atoms with Crippen LogP contribution in [0.3, 0.4) is 0 Å². The van der Waals surface area contributed by atoms with Gasteiger partial charge in [-0.2, -0.15) is 0 Å². The number of pyridine rings is 1. The molecule has 1 aromatic carbocycles. The second-order valence-corrected chi connectivity index (χ2v) is 5.19. The molecule has 2 aromatic rings. The lowest BCUT2D eigenvalue weighted by molar-refractivity contribution is -0.119. The summed E-state index contributed by atoms with van der Waals surface area (Å²) < 4.78 is 0. The number of nitrogens with one attached hydrogen (secondary N) is 3. The molecular formula is C18H24IN5O. The van der Waals surface area contributed by atoms with Crippen LogP contribution in [0, 0.1) is 0 Å². The van der Waals surface area contributed by atoms with Gasteiger partial charge in [0.25, 0.3) is 0 Å². The predicted molar refractivity (Wildman–Crippen MR) is 111 cm³/mol. The zero-order chi connectivity index (χ0) is 17.0. The number of carbonyl (C=O) groups is 1. The molecule has 7 heteroatoms. The van der Waals surface area contributed by atoms with Crippen molar-refractivity contribution >= 4 is 35.8 Å². The normalized spacial score (nSPS) is 10.5. The van der Waals surface area contributed by atoms with E-state index >= 15 is 0 Å². The van der Waals surface area contributed by atoms with Gasteiger partial charge >= 0.3 is 0 Å². The number of amides is 1. The first kappa shape index (κ1) is 20.9. The fourth-order valence-corrected chi connectivity index (χ4v) is 2.12. The Labute approximate surface area is 165 Å². The number of nitrogens with zero attached hydrogens (tertiary/aromatic N) is 2. The molecule has 3 N–H and O–H groups in total. The van der Waals surface area contributed by atoms with Crippen LogP contribution in [0.4, 0.5) is 0 Å². The van der Waals surface area contributed by atoms with E-state index in [2.05, 4.69) is 25.9 Å². The number of aromatic nitrogens is 1. The van der Waals surface area contributed by atoms with Crippen LogP contribution in [-0.4, -0.2) is 37.0 Å². The first-order valence-electron chi connectivity index (χ1n) is 7.93. The quantitative estimate of drug-likeness (QED) is 0.339. The third-order valence-electron chi connectivity index (χ3n) is 3.38. The third-order valence-corrected chi connectivity index (χ3v) is 3.38. The van der Waals surface area contributed by atoms with Crippen molar-refractivity contribution in [1.82, 2.24) is 20.9 Å². The third kappa shape index (κ3) is 8.48. The molecule has 0 radical (unpaired) electrons. The van der Waals surface area contributed by atoms with E-state index in [1.807, 2.05) is 48.5 Å². The van der Waals surface area contributed by atoms with Gasteiger partial charge in [-0.3, -0.25) is 14.8 Å². The van der Waals surface area contributed by atoms with Gasteiger partial charge in [0.05, 0.1) is 18.8 Å². The number of hydrogen-bond acceptors (Lipinski definition) is 3. The van der Waals surface area contributed by atoms with Crippen LogP contribution in [-0.2, 0) is 17.8 Å². The van der Waals surface area contributed by atoms with Crippen molar-refractivity contribution in [1.29, 1.82) is 0 Å². The van der Waals surface area contributed by atoms with Gasteiger partial charge in [-0.05, 0) is 24.1 Å². The van der Waals surface area contributed by atoms with Crippen molar-refractivity contribution in [2.45, 2.75) is 13.0 Å². The molecular weight excluding hydrogens is 429 g/mol. The molecule has 0 aliphatic heterocycles. The molecule has 0 bridgehead atoms. The Bertz CT molecular complexity index is 649. The van der Waals surface area contributed by atoms with Crippen LogP contribution in [0.5, 0.6) is 0 Å². The number of aliphatic imine (C=N–C) groups is 1. The maximum absolute atomic E-state index is 11.9. The zero-order valence-corrected chi connectivity index (χ0v) is 16.6. The predicted octanol–water partition coefficient (Wildman–Crippen LogP) is 1.72. The molecule has 1 aromatic heterocycles. The molecule has 0 saturated carbocycles. The number of rotatable bonds is 7. The highest BCUT2D eigenvalue weighted by Gasteiger charge is 2.03. The minimum Gasteiger partial charge on any atom is -0.354 e. The molecule has 0 aliphatic rings. The number of guanidine groups is 1. The second-order valence-electron chi connectivity index (χ2n) is 5.19. The molecule has 0 atom stereocenters. The molecule has 1 heterocycles. The molecule has 0 spiro atoms. The van der Waals surface area contributed by atoms with Gasteiger partial charge < -0.3 is 16.0 Å². The maximum atomic E-state index is 11.9. The average Bonchev–Trinajstić information content (AvgIpc) is 2.63. The van der Waals surface area contributed by atoms with E-state index in [9.17, 15) is 4.79 Å². The lowest BCUT2D eigenvalue weighted by Crippen LogP contribution is -2.43. The highest BCUT2D eigenvalue weighted by molar-refractivity contribution is 14.0. The summed E-state index contributed by atoms with van der Waals surface area (Å²) in [5.41, 5.74) is 2.12. The summed E-state index contributed by atoms with van der Waals surface area (Å²) >= 11 is 0. The smallest absolute Gasteiger partial charge is 0.239 e. The summed E-state index contributed by atoms with van der Waals surface area (Å²) in [5, 5.41) is 8.99. The SMILES string of the molecule is CN=C(NCC(=O)NCCc1ccccc1)NCc1ccccn1.I. The molecule has 2 rings (SSSR count). The van der Waals surface area contributed by atoms with Crippen molar-refractivity contribution in [2.24, 2.45) is 4.99 Å². The van der Waals surface area contributed by atoms with Crippen LogP contribution in [0.15, 0.2) is 59.7 Å². The van der Waals surface area contributed by atoms with Gasteiger partial charge in [0.2, 0.25) is 5.91 Å². The molecule has 0 aliphatic carbocycles. The van der Waals surface area contributed by atoms with Gasteiger partial charge in [-0.1, -0.05) is 36.4 Å². The van der Waals surface area contributed by atoms with Crippen LogP contribution >= 0.6 is 24.0 Å². The minimum absolute atomic E-state index is 0. The number of carbonyl (C=O) groups excluding carboxylic acids is 1. The molecule has 0 saturated heterocycles. The summed E-state index contributed by atoms with van der Waals surface area (Å²) in [7, 11) is 1.67. The fourth-order valence-electron chi connectivity index (χ4n) is 2.12. The van der Waals surface area contributed by atoms with E-state index in [0.717, 1.165) is 12.1 Å². The molecule has 6 nitrogen and oxygen atoms in total. The summed E-state index contributed by atoms with van der Waals surface area (Å²) in [4.78, 5) is 20.2. The standard InChI is InChI=1S/C18H23N5O.HI/c1-19-18(22-13-16-9-5-6-11-20-16)23-14-17(24)21-12-10-15-7-3-2-4-8-15;/h2-9,11H,10,12-14H2,1H3,(H,21,24)(H2,19,22,23);1H. The van der Waals surface area contributed by atoms with Gasteiger partial charge in [-0.25, -0.2) is 0 Å². The Kier molecular flexibility index (Phi) is 10.2. The van der Waals surface area contributed by atoms with Crippen molar-refractivity contribution in [3.8, 4) is 0 Å². The largest absolute Gasteiger partial charge is 0.354 e. The van der Waals surface area contributed by atoms with Gasteiger partial charge in [0.1, 0.15) is 0 Å². The maximum Gasteiger partial charge on any atom is 0.239 e. The van der Waals surface area contributed by atoms with Crippen LogP contribution < -0.4 is 16.0 Å². The molecule has 25 heavy (non-hydrogen) atoms. The monoisotopic (exact) mass is 453 g/mol. The Balaban J connectivity index is 0.00000312.